The van der Waals surface area contributed by atoms with Crippen LogP contribution in [-0.4, -0.2) is 53.3 Å². The zero-order valence-corrected chi connectivity index (χ0v) is 23.5. The number of nitrogens with zero attached hydrogens (tertiary/aromatic N) is 1. The number of esters is 3. The molecule has 4 atom stereocenters. The van der Waals surface area contributed by atoms with E-state index in [2.05, 4.69) is 5.32 Å². The highest BCUT2D eigenvalue weighted by Crippen LogP contribution is 2.35. The fraction of sp³-hybridized carbons (Fsp3) is 0.182. The quantitative estimate of drug-likeness (QED) is 0.224. The van der Waals surface area contributed by atoms with Gasteiger partial charge in [-0.25, -0.2) is 14.4 Å². The number of pyridine rings is 1. The first-order valence-electron chi connectivity index (χ1n) is 13.7. The molecule has 0 aliphatic carbocycles. The lowest BCUT2D eigenvalue weighted by Crippen LogP contribution is -2.42. The van der Waals surface area contributed by atoms with Gasteiger partial charge in [-0.2, -0.15) is 0 Å². The number of carbonyl (C=O) groups excluding carboxylic acids is 4. The molecule has 0 radical (unpaired) electrons. The number of aromatic nitrogens is 1. The van der Waals surface area contributed by atoms with E-state index < -0.39 is 54.6 Å². The SMILES string of the molecule is CC(=O)Nc1ccn([C@@H]2O[C@H](COC(=O)c3ccccc3)[C@@H](OC(=O)c3ccccc3)[C@H]2OC(=O)c2ccccc2)c(=O)c1. The van der Waals surface area contributed by atoms with Gasteiger partial charge in [-0.1, -0.05) is 54.6 Å². The summed E-state index contributed by atoms with van der Waals surface area (Å²) in [6.07, 6.45) is -3.73. The monoisotopic (exact) mass is 596 g/mol. The third-order valence-electron chi connectivity index (χ3n) is 6.72. The van der Waals surface area contributed by atoms with Crippen molar-refractivity contribution >= 4 is 29.5 Å². The molecule has 0 saturated carbocycles. The largest absolute Gasteiger partial charge is 0.459 e. The molecule has 1 fully saturated rings. The average molecular weight is 597 g/mol. The summed E-state index contributed by atoms with van der Waals surface area (Å²) in [7, 11) is 0. The zero-order chi connectivity index (χ0) is 31.1. The van der Waals surface area contributed by atoms with Crippen molar-refractivity contribution in [3.63, 3.8) is 0 Å². The Hall–Kier alpha value is -5.55. The first-order valence-corrected chi connectivity index (χ1v) is 13.7. The third-order valence-corrected chi connectivity index (χ3v) is 6.72. The molecule has 3 aromatic carbocycles. The van der Waals surface area contributed by atoms with E-state index in [1.165, 1.54) is 25.3 Å². The third kappa shape index (κ3) is 7.08. The molecule has 11 heteroatoms. The lowest BCUT2D eigenvalue weighted by Gasteiger charge is -2.25. The predicted molar refractivity (Wildman–Crippen MR) is 157 cm³/mol. The van der Waals surface area contributed by atoms with E-state index in [1.807, 2.05) is 0 Å². The van der Waals surface area contributed by atoms with Crippen LogP contribution in [-0.2, 0) is 23.7 Å². The van der Waals surface area contributed by atoms with Crippen LogP contribution in [0.5, 0.6) is 0 Å². The highest BCUT2D eigenvalue weighted by atomic mass is 16.7. The predicted octanol–water partition coefficient (Wildman–Crippen LogP) is 4.01. The minimum absolute atomic E-state index is 0.215. The van der Waals surface area contributed by atoms with Crippen LogP contribution >= 0.6 is 0 Å². The minimum Gasteiger partial charge on any atom is -0.459 e. The Bertz CT molecular complexity index is 1690. The first kappa shape index (κ1) is 29.9. The fourth-order valence-corrected chi connectivity index (χ4v) is 4.66. The van der Waals surface area contributed by atoms with E-state index in [4.69, 9.17) is 18.9 Å². The smallest absolute Gasteiger partial charge is 0.338 e. The lowest BCUT2D eigenvalue weighted by molar-refractivity contribution is -0.114. The van der Waals surface area contributed by atoms with Gasteiger partial charge in [-0.15, -0.1) is 0 Å². The van der Waals surface area contributed by atoms with Gasteiger partial charge >= 0.3 is 17.9 Å². The summed E-state index contributed by atoms with van der Waals surface area (Å²) in [6, 6.07) is 27.2. The molecule has 2 heterocycles. The molecule has 0 spiro atoms. The number of benzene rings is 3. The van der Waals surface area contributed by atoms with Crippen LogP contribution < -0.4 is 10.9 Å². The van der Waals surface area contributed by atoms with Crippen LogP contribution in [0, 0.1) is 0 Å². The first-order chi connectivity index (χ1) is 21.3. The Morgan fingerprint density at radius 3 is 1.73 bits per heavy atom. The summed E-state index contributed by atoms with van der Waals surface area (Å²) in [5.41, 5.74) is 0.372. The number of amides is 1. The number of hydrogen-bond donors (Lipinski definition) is 1. The second-order valence-corrected chi connectivity index (χ2v) is 9.84. The number of anilines is 1. The molecule has 1 aliphatic rings. The molecule has 0 unspecified atom stereocenters. The Morgan fingerprint density at radius 1 is 0.727 bits per heavy atom. The minimum atomic E-state index is -1.35. The number of ether oxygens (including phenoxy) is 4. The van der Waals surface area contributed by atoms with Crippen molar-refractivity contribution in [2.24, 2.45) is 0 Å². The average Bonchev–Trinajstić information content (AvgIpc) is 3.36. The van der Waals surface area contributed by atoms with Crippen LogP contribution in [0.3, 0.4) is 0 Å². The number of carbonyl (C=O) groups is 4. The highest BCUT2D eigenvalue weighted by molar-refractivity contribution is 5.91. The van der Waals surface area contributed by atoms with E-state index in [0.29, 0.717) is 0 Å². The maximum Gasteiger partial charge on any atom is 0.338 e. The van der Waals surface area contributed by atoms with Gasteiger partial charge in [0.25, 0.3) is 5.56 Å². The Balaban J connectivity index is 1.50. The second-order valence-electron chi connectivity index (χ2n) is 9.84. The Kier molecular flexibility index (Phi) is 9.26. The van der Waals surface area contributed by atoms with Crippen LogP contribution in [0.4, 0.5) is 5.69 Å². The normalized spacial score (nSPS) is 19.0. The molecule has 1 aromatic heterocycles. The molecule has 4 aromatic rings. The van der Waals surface area contributed by atoms with Crippen molar-refractivity contribution in [3.05, 3.63) is 136 Å². The van der Waals surface area contributed by atoms with Crippen molar-refractivity contribution in [2.45, 2.75) is 31.5 Å². The highest BCUT2D eigenvalue weighted by Gasteiger charge is 2.51. The van der Waals surface area contributed by atoms with E-state index in [0.717, 1.165) is 4.57 Å². The number of rotatable bonds is 9. The Labute approximate surface area is 251 Å². The van der Waals surface area contributed by atoms with Crippen molar-refractivity contribution < 1.29 is 38.1 Å². The second kappa shape index (κ2) is 13.6. The standard InChI is InChI=1S/C33H28N2O9/c1-21(36)34-25-17-18-35(27(37)19-25)30-29(44-33(40)24-15-9-4-10-16-24)28(43-32(39)23-13-7-3-8-14-23)26(42-30)20-41-31(38)22-11-5-2-6-12-22/h2-19,26,28-30H,20H2,1H3,(H,34,36)/t26-,28-,29-,30-/m1/s1. The van der Waals surface area contributed by atoms with Crippen LogP contribution in [0.2, 0.25) is 0 Å². The van der Waals surface area contributed by atoms with Gasteiger partial charge in [0.2, 0.25) is 5.91 Å². The molecule has 1 aliphatic heterocycles. The van der Waals surface area contributed by atoms with Crippen molar-refractivity contribution in [2.75, 3.05) is 11.9 Å². The molecule has 11 nitrogen and oxygen atoms in total. The van der Waals surface area contributed by atoms with Gasteiger partial charge in [-0.3, -0.25) is 14.2 Å². The Morgan fingerprint density at radius 2 is 1.23 bits per heavy atom. The molecule has 1 amide bonds. The van der Waals surface area contributed by atoms with Gasteiger partial charge in [0.15, 0.2) is 18.4 Å². The molecule has 0 bridgehead atoms. The number of nitrogens with one attached hydrogen (secondary N) is 1. The van der Waals surface area contributed by atoms with Crippen LogP contribution in [0.25, 0.3) is 0 Å². The van der Waals surface area contributed by atoms with Gasteiger partial charge in [-0.05, 0) is 42.5 Å². The van der Waals surface area contributed by atoms with E-state index in [9.17, 15) is 24.0 Å². The van der Waals surface area contributed by atoms with Crippen molar-refractivity contribution in [3.8, 4) is 0 Å². The summed E-state index contributed by atoms with van der Waals surface area (Å²) in [6.45, 7) is 0.909. The molecule has 5 rings (SSSR count). The summed E-state index contributed by atoms with van der Waals surface area (Å²) in [5.74, 6) is -2.52. The van der Waals surface area contributed by atoms with Crippen molar-refractivity contribution in [1.29, 1.82) is 0 Å². The van der Waals surface area contributed by atoms with Gasteiger partial charge in [0, 0.05) is 24.9 Å². The van der Waals surface area contributed by atoms with E-state index in [1.54, 1.807) is 91.0 Å². The summed E-state index contributed by atoms with van der Waals surface area (Å²) >= 11 is 0. The fourth-order valence-electron chi connectivity index (χ4n) is 4.66. The number of hydrogen-bond acceptors (Lipinski definition) is 9. The summed E-state index contributed by atoms with van der Waals surface area (Å²) in [5, 5.41) is 2.53. The van der Waals surface area contributed by atoms with Gasteiger partial charge in [0.1, 0.15) is 12.7 Å². The summed E-state index contributed by atoms with van der Waals surface area (Å²) in [4.78, 5) is 64.0. The molecular formula is C33H28N2O9. The summed E-state index contributed by atoms with van der Waals surface area (Å²) < 4.78 is 24.6. The van der Waals surface area contributed by atoms with E-state index in [-0.39, 0.29) is 28.3 Å². The molecule has 44 heavy (non-hydrogen) atoms. The van der Waals surface area contributed by atoms with E-state index >= 15 is 0 Å². The molecule has 224 valence electrons. The van der Waals surface area contributed by atoms with Crippen LogP contribution in [0.1, 0.15) is 44.2 Å². The maximum absolute atomic E-state index is 13.3. The maximum atomic E-state index is 13.3. The van der Waals surface area contributed by atoms with Gasteiger partial charge < -0.3 is 24.3 Å². The van der Waals surface area contributed by atoms with Crippen molar-refractivity contribution in [1.82, 2.24) is 4.57 Å². The zero-order valence-electron chi connectivity index (χ0n) is 23.5. The van der Waals surface area contributed by atoms with Gasteiger partial charge in [0.05, 0.1) is 16.7 Å². The lowest BCUT2D eigenvalue weighted by atomic mass is 10.1. The van der Waals surface area contributed by atoms with Crippen LogP contribution in [0.15, 0.2) is 114 Å². The molecular weight excluding hydrogens is 568 g/mol. The molecule has 1 saturated heterocycles. The topological polar surface area (TPSA) is 139 Å². The molecule has 1 N–H and O–H groups in total.